The van der Waals surface area contributed by atoms with Gasteiger partial charge in [0.05, 0.1) is 6.21 Å². The van der Waals surface area contributed by atoms with Crippen molar-refractivity contribution in [2.24, 2.45) is 10.9 Å². The average molecular weight is 96.1 g/mol. The summed E-state index contributed by atoms with van der Waals surface area (Å²) in [7, 11) is 0. The molecule has 0 bridgehead atoms. The maximum Gasteiger partial charge on any atom is 0.0531 e. The second kappa shape index (κ2) is 3.15. The fourth-order valence-corrected chi connectivity index (χ4v) is 0.148. The minimum atomic E-state index is 0.725. The molecule has 0 heterocycles. The van der Waals surface area contributed by atoms with Gasteiger partial charge in [-0.05, 0) is 5.57 Å². The van der Waals surface area contributed by atoms with Crippen molar-refractivity contribution in [1.82, 2.24) is 0 Å². The fourth-order valence-electron chi connectivity index (χ4n) is 0.148. The first-order valence-corrected chi connectivity index (χ1v) is 1.86. The van der Waals surface area contributed by atoms with E-state index in [9.17, 15) is 0 Å². The summed E-state index contributed by atoms with van der Waals surface area (Å²) in [6.07, 6.45) is 3.02. The first-order valence-electron chi connectivity index (χ1n) is 1.86. The highest BCUT2D eigenvalue weighted by molar-refractivity contribution is 5.80. The van der Waals surface area contributed by atoms with E-state index in [4.69, 9.17) is 5.84 Å². The Morgan fingerprint density at radius 1 is 1.71 bits per heavy atom. The van der Waals surface area contributed by atoms with Crippen LogP contribution < -0.4 is 5.84 Å². The summed E-state index contributed by atoms with van der Waals surface area (Å²) in [6, 6.07) is 0. The Kier molecular flexibility index (Phi) is 2.68. The largest absolute Gasteiger partial charge is 0.323 e. The van der Waals surface area contributed by atoms with E-state index in [0.717, 1.165) is 5.57 Å². The molecule has 38 valence electrons. The van der Waals surface area contributed by atoms with Crippen LogP contribution in [0.15, 0.2) is 29.9 Å². The average Bonchev–Trinajstić information content (AvgIpc) is 1.68. The zero-order chi connectivity index (χ0) is 5.70. The number of rotatable bonds is 2. The molecule has 2 N–H and O–H groups in total. The van der Waals surface area contributed by atoms with Gasteiger partial charge >= 0.3 is 0 Å². The van der Waals surface area contributed by atoms with E-state index in [1.807, 2.05) is 0 Å². The number of hydrogen-bond donors (Lipinski definition) is 1. The van der Waals surface area contributed by atoms with Crippen LogP contribution in [-0.2, 0) is 0 Å². The summed E-state index contributed by atoms with van der Waals surface area (Å²) in [5.41, 5.74) is 0.725. The molecule has 0 spiro atoms. The van der Waals surface area contributed by atoms with Crippen LogP contribution in [-0.4, -0.2) is 6.21 Å². The van der Waals surface area contributed by atoms with E-state index in [0.29, 0.717) is 0 Å². The molecule has 0 unspecified atom stereocenters. The third-order valence-corrected chi connectivity index (χ3v) is 0.503. The second-order valence-electron chi connectivity index (χ2n) is 1.06. The first kappa shape index (κ1) is 5.95. The molecule has 0 aliphatic heterocycles. The second-order valence-corrected chi connectivity index (χ2v) is 1.06. The Labute approximate surface area is 43.0 Å². The van der Waals surface area contributed by atoms with Crippen molar-refractivity contribution in [2.45, 2.75) is 0 Å². The minimum absolute atomic E-state index is 0.725. The number of nitrogens with two attached hydrogens (primary N) is 1. The van der Waals surface area contributed by atoms with Crippen molar-refractivity contribution in [3.05, 3.63) is 24.8 Å². The van der Waals surface area contributed by atoms with Gasteiger partial charge in [0.2, 0.25) is 0 Å². The lowest BCUT2D eigenvalue weighted by Gasteiger charge is -1.78. The van der Waals surface area contributed by atoms with Crippen molar-refractivity contribution >= 4 is 6.21 Å². The molecule has 7 heavy (non-hydrogen) atoms. The predicted octanol–water partition coefficient (Wildman–Crippen LogP) is 0.673. The molecule has 0 atom stereocenters. The van der Waals surface area contributed by atoms with Crippen molar-refractivity contribution in [3.8, 4) is 0 Å². The van der Waals surface area contributed by atoms with Gasteiger partial charge in [0.15, 0.2) is 0 Å². The topological polar surface area (TPSA) is 38.4 Å². The molecule has 0 fully saturated rings. The Balaban J connectivity index is 3.58. The van der Waals surface area contributed by atoms with Crippen LogP contribution in [0.3, 0.4) is 0 Å². The van der Waals surface area contributed by atoms with Crippen molar-refractivity contribution < 1.29 is 0 Å². The molecule has 2 nitrogen and oxygen atoms in total. The van der Waals surface area contributed by atoms with Gasteiger partial charge in [-0.2, -0.15) is 5.10 Å². The molecule has 0 aliphatic carbocycles. The van der Waals surface area contributed by atoms with Crippen LogP contribution in [0, 0.1) is 0 Å². The number of hydrazone groups is 1. The first-order chi connectivity index (χ1) is 3.31. The predicted molar refractivity (Wildman–Crippen MR) is 32.0 cm³/mol. The highest BCUT2D eigenvalue weighted by atomic mass is 15.1. The molecule has 0 saturated heterocycles. The standard InChI is InChI=1S/C5H8N2/c1-3-5(2)4-7-6/h3-4H,1-2,6H2/b7-4-. The maximum atomic E-state index is 4.77. The Morgan fingerprint density at radius 2 is 2.29 bits per heavy atom. The van der Waals surface area contributed by atoms with E-state index in [1.165, 1.54) is 6.21 Å². The molecule has 0 aliphatic rings. The van der Waals surface area contributed by atoms with Gasteiger partial charge in [0.1, 0.15) is 0 Å². The number of allylic oxidation sites excluding steroid dienone is 2. The molecule has 2 heteroatoms. The molecule has 0 radical (unpaired) electrons. The lowest BCUT2D eigenvalue weighted by molar-refractivity contribution is 1.26. The summed E-state index contributed by atoms with van der Waals surface area (Å²) in [4.78, 5) is 0. The minimum Gasteiger partial charge on any atom is -0.323 e. The van der Waals surface area contributed by atoms with Gasteiger partial charge in [-0.1, -0.05) is 19.2 Å². The molecule has 0 aromatic carbocycles. The lowest BCUT2D eigenvalue weighted by Crippen LogP contribution is -1.82. The lowest BCUT2D eigenvalue weighted by atomic mass is 10.3. The van der Waals surface area contributed by atoms with Crippen LogP contribution in [0.25, 0.3) is 0 Å². The molecule has 0 saturated carbocycles. The normalized spacial score (nSPS) is 9.14. The third-order valence-electron chi connectivity index (χ3n) is 0.503. The monoisotopic (exact) mass is 96.1 g/mol. The Hall–Kier alpha value is -1.05. The van der Waals surface area contributed by atoms with Gasteiger partial charge in [-0.3, -0.25) is 0 Å². The van der Waals surface area contributed by atoms with Gasteiger partial charge in [-0.15, -0.1) is 0 Å². The zero-order valence-electron chi connectivity index (χ0n) is 4.09. The van der Waals surface area contributed by atoms with Crippen LogP contribution in [0.1, 0.15) is 0 Å². The molecule has 0 amide bonds. The van der Waals surface area contributed by atoms with E-state index in [2.05, 4.69) is 18.3 Å². The molecular weight excluding hydrogens is 88.1 g/mol. The Morgan fingerprint density at radius 3 is 2.43 bits per heavy atom. The number of hydrogen-bond acceptors (Lipinski definition) is 2. The van der Waals surface area contributed by atoms with Crippen molar-refractivity contribution in [2.75, 3.05) is 0 Å². The summed E-state index contributed by atoms with van der Waals surface area (Å²) in [6.45, 7) is 6.95. The van der Waals surface area contributed by atoms with E-state index in [-0.39, 0.29) is 0 Å². The summed E-state index contributed by atoms with van der Waals surface area (Å²) in [5, 5.41) is 3.21. The smallest absolute Gasteiger partial charge is 0.0531 e. The fraction of sp³-hybridized carbons (Fsp3) is 0. The van der Waals surface area contributed by atoms with Crippen LogP contribution in [0.5, 0.6) is 0 Å². The molecular formula is C5H8N2. The summed E-state index contributed by atoms with van der Waals surface area (Å²) < 4.78 is 0. The summed E-state index contributed by atoms with van der Waals surface area (Å²) >= 11 is 0. The van der Waals surface area contributed by atoms with Crippen LogP contribution in [0.2, 0.25) is 0 Å². The van der Waals surface area contributed by atoms with Gasteiger partial charge in [-0.25, -0.2) is 0 Å². The molecule has 0 aromatic rings. The highest BCUT2D eigenvalue weighted by Gasteiger charge is 1.71. The van der Waals surface area contributed by atoms with Crippen LogP contribution in [0.4, 0.5) is 0 Å². The Bertz CT molecular complexity index is 103. The molecule has 0 rings (SSSR count). The van der Waals surface area contributed by atoms with Gasteiger partial charge in [0, 0.05) is 0 Å². The third kappa shape index (κ3) is 2.76. The quantitative estimate of drug-likeness (QED) is 0.233. The summed E-state index contributed by atoms with van der Waals surface area (Å²) in [5.74, 6) is 4.77. The van der Waals surface area contributed by atoms with Crippen LogP contribution >= 0.6 is 0 Å². The van der Waals surface area contributed by atoms with Gasteiger partial charge in [0.25, 0.3) is 0 Å². The van der Waals surface area contributed by atoms with E-state index >= 15 is 0 Å². The van der Waals surface area contributed by atoms with E-state index < -0.39 is 0 Å². The van der Waals surface area contributed by atoms with Crippen molar-refractivity contribution in [1.29, 1.82) is 0 Å². The van der Waals surface area contributed by atoms with Gasteiger partial charge < -0.3 is 5.84 Å². The van der Waals surface area contributed by atoms with E-state index in [1.54, 1.807) is 6.08 Å². The number of nitrogens with zero attached hydrogens (tertiary/aromatic N) is 1. The van der Waals surface area contributed by atoms with Crippen molar-refractivity contribution in [3.63, 3.8) is 0 Å². The highest BCUT2D eigenvalue weighted by Crippen LogP contribution is 1.80. The SMILES string of the molecule is C=CC(=C)/C=N\N. The zero-order valence-corrected chi connectivity index (χ0v) is 4.09. The molecule has 0 aromatic heterocycles. The maximum absolute atomic E-state index is 4.77.